The summed E-state index contributed by atoms with van der Waals surface area (Å²) >= 11 is 0. The molecule has 0 aliphatic carbocycles. The van der Waals surface area contributed by atoms with E-state index in [0.717, 1.165) is 0 Å². The third-order valence-electron chi connectivity index (χ3n) is 1.58. The summed E-state index contributed by atoms with van der Waals surface area (Å²) in [4.78, 5) is 10.7. The van der Waals surface area contributed by atoms with Crippen LogP contribution in [0.4, 0.5) is 0 Å². The number of carboxylic acid groups (broad SMARTS) is 1. The summed E-state index contributed by atoms with van der Waals surface area (Å²) in [5.74, 6) is -1.42. The molecule has 2 N–H and O–H groups in total. The lowest BCUT2D eigenvalue weighted by molar-refractivity contribution is -0.130. The second kappa shape index (κ2) is 4.24. The van der Waals surface area contributed by atoms with E-state index >= 15 is 0 Å². The Morgan fingerprint density at radius 3 is 2.13 bits per heavy atom. The molecule has 0 unspecified atom stereocenters. The van der Waals surface area contributed by atoms with Gasteiger partial charge in [-0.3, -0.25) is 4.55 Å². The van der Waals surface area contributed by atoms with E-state index in [2.05, 4.69) is 0 Å². The van der Waals surface area contributed by atoms with Crippen molar-refractivity contribution < 1.29 is 22.9 Å². The molecule has 1 aromatic rings. The molecule has 0 atom stereocenters. The number of hydrogen-bond acceptors (Lipinski definition) is 3. The topological polar surface area (TPSA) is 91.7 Å². The zero-order chi connectivity index (χ0) is 11.5. The molecule has 1 rings (SSSR count). The molecule has 0 amide bonds. The smallest absolute Gasteiger partial charge is 0.337 e. The predicted octanol–water partition coefficient (Wildman–Crippen LogP) is 1.000. The van der Waals surface area contributed by atoms with E-state index < -0.39 is 21.7 Å². The van der Waals surface area contributed by atoms with E-state index in [1.54, 1.807) is 18.2 Å². The van der Waals surface area contributed by atoms with Crippen LogP contribution in [-0.2, 0) is 14.9 Å². The number of carboxylic acids is 1. The van der Waals surface area contributed by atoms with Gasteiger partial charge >= 0.3 is 5.97 Å². The van der Waals surface area contributed by atoms with Crippen LogP contribution >= 0.6 is 0 Å². The second-order valence-electron chi connectivity index (χ2n) is 2.72. The average molecular weight is 228 g/mol. The van der Waals surface area contributed by atoms with Crippen molar-refractivity contribution in [2.45, 2.75) is 0 Å². The van der Waals surface area contributed by atoms with Gasteiger partial charge in [-0.15, -0.1) is 0 Å². The van der Waals surface area contributed by atoms with Gasteiger partial charge < -0.3 is 5.11 Å². The maximum atomic E-state index is 10.7. The Balaban J connectivity index is 3.29. The second-order valence-corrected chi connectivity index (χ2v) is 3.98. The number of hydrogen-bond donors (Lipinski definition) is 2. The van der Waals surface area contributed by atoms with Crippen LogP contribution in [0.15, 0.2) is 35.7 Å². The molecule has 0 spiro atoms. The quantitative estimate of drug-likeness (QED) is 0.594. The minimum atomic E-state index is -4.46. The van der Waals surface area contributed by atoms with Crippen LogP contribution in [0.25, 0.3) is 5.57 Å². The first-order valence-electron chi connectivity index (χ1n) is 3.88. The summed E-state index contributed by atoms with van der Waals surface area (Å²) < 4.78 is 29.6. The van der Waals surface area contributed by atoms with Crippen molar-refractivity contribution in [3.63, 3.8) is 0 Å². The van der Waals surface area contributed by atoms with Gasteiger partial charge in [-0.1, -0.05) is 30.3 Å². The van der Waals surface area contributed by atoms with Crippen molar-refractivity contribution in [2.24, 2.45) is 0 Å². The SMILES string of the molecule is O=C(O)C(=CS(=O)(=O)O)c1ccccc1. The highest BCUT2D eigenvalue weighted by Crippen LogP contribution is 2.15. The minimum Gasteiger partial charge on any atom is -0.478 e. The number of carbonyl (C=O) groups is 1. The highest BCUT2D eigenvalue weighted by atomic mass is 32.2. The van der Waals surface area contributed by atoms with Gasteiger partial charge in [-0.05, 0) is 5.56 Å². The standard InChI is InChI=1S/C9H8O5S/c10-9(11)8(6-15(12,13)14)7-4-2-1-3-5-7/h1-6H,(H,10,11)(H,12,13,14). The third-order valence-corrected chi connectivity index (χ3v) is 2.12. The van der Waals surface area contributed by atoms with E-state index in [1.165, 1.54) is 12.1 Å². The molecule has 0 heterocycles. The first-order valence-corrected chi connectivity index (χ1v) is 5.38. The van der Waals surface area contributed by atoms with Crippen LogP contribution in [-0.4, -0.2) is 24.0 Å². The molecule has 0 fully saturated rings. The fraction of sp³-hybridized carbons (Fsp3) is 0. The first kappa shape index (κ1) is 11.4. The highest BCUT2D eigenvalue weighted by Gasteiger charge is 2.13. The average Bonchev–Trinajstić information content (AvgIpc) is 2.14. The zero-order valence-corrected chi connectivity index (χ0v) is 8.31. The van der Waals surface area contributed by atoms with Gasteiger partial charge in [0.15, 0.2) is 0 Å². The van der Waals surface area contributed by atoms with Crippen molar-refractivity contribution in [3.8, 4) is 0 Å². The van der Waals surface area contributed by atoms with Crippen LogP contribution < -0.4 is 0 Å². The van der Waals surface area contributed by atoms with Crippen LogP contribution in [0.5, 0.6) is 0 Å². The van der Waals surface area contributed by atoms with Gasteiger partial charge in [-0.25, -0.2) is 4.79 Å². The van der Waals surface area contributed by atoms with Crippen molar-refractivity contribution in [1.29, 1.82) is 0 Å². The number of benzene rings is 1. The zero-order valence-electron chi connectivity index (χ0n) is 7.49. The molecule has 1 aromatic carbocycles. The summed E-state index contributed by atoms with van der Waals surface area (Å²) in [6.07, 6.45) is 0. The van der Waals surface area contributed by atoms with Crippen LogP contribution in [0.3, 0.4) is 0 Å². The highest BCUT2D eigenvalue weighted by molar-refractivity contribution is 7.89. The van der Waals surface area contributed by atoms with Gasteiger partial charge in [0.05, 0.1) is 11.0 Å². The van der Waals surface area contributed by atoms with E-state index in [4.69, 9.17) is 9.66 Å². The normalized spacial score (nSPS) is 12.5. The lowest BCUT2D eigenvalue weighted by atomic mass is 10.1. The molecule has 15 heavy (non-hydrogen) atoms. The molecule has 0 radical (unpaired) electrons. The fourth-order valence-electron chi connectivity index (χ4n) is 1.01. The molecule has 5 nitrogen and oxygen atoms in total. The Morgan fingerprint density at radius 1 is 1.20 bits per heavy atom. The Morgan fingerprint density at radius 2 is 1.73 bits per heavy atom. The summed E-state index contributed by atoms with van der Waals surface area (Å²) in [5, 5.41) is 9.06. The first-order chi connectivity index (χ1) is 6.90. The Bertz CT molecular complexity index is 486. The van der Waals surface area contributed by atoms with Gasteiger partial charge in [0, 0.05) is 0 Å². The van der Waals surface area contributed by atoms with Crippen LogP contribution in [0.1, 0.15) is 5.56 Å². The van der Waals surface area contributed by atoms with Crippen molar-refractivity contribution in [1.82, 2.24) is 0 Å². The fourth-order valence-corrected chi connectivity index (χ4v) is 1.54. The molecular weight excluding hydrogens is 220 g/mol. The Labute approximate surface area is 86.4 Å². The van der Waals surface area contributed by atoms with E-state index in [1.807, 2.05) is 0 Å². The molecule has 6 heteroatoms. The van der Waals surface area contributed by atoms with Crippen molar-refractivity contribution >= 4 is 21.7 Å². The van der Waals surface area contributed by atoms with Crippen molar-refractivity contribution in [2.75, 3.05) is 0 Å². The number of rotatable bonds is 3. The Kier molecular flexibility index (Phi) is 3.23. The summed E-state index contributed by atoms with van der Waals surface area (Å²) in [6.45, 7) is 0. The van der Waals surface area contributed by atoms with Gasteiger partial charge in [0.2, 0.25) is 0 Å². The molecule has 0 aliphatic rings. The minimum absolute atomic E-state index is 0.211. The molecule has 0 aromatic heterocycles. The molecule has 80 valence electrons. The van der Waals surface area contributed by atoms with Crippen molar-refractivity contribution in [3.05, 3.63) is 41.3 Å². The Hall–Kier alpha value is -1.66. The van der Waals surface area contributed by atoms with E-state index in [9.17, 15) is 13.2 Å². The maximum Gasteiger partial charge on any atom is 0.337 e. The summed E-state index contributed by atoms with van der Waals surface area (Å²) in [6, 6.07) is 7.67. The van der Waals surface area contributed by atoms with E-state index in [-0.39, 0.29) is 5.56 Å². The molecule has 0 saturated heterocycles. The van der Waals surface area contributed by atoms with Gasteiger partial charge in [0.1, 0.15) is 0 Å². The monoisotopic (exact) mass is 228 g/mol. The van der Waals surface area contributed by atoms with Crippen LogP contribution in [0, 0.1) is 0 Å². The number of aliphatic carboxylic acids is 1. The third kappa shape index (κ3) is 3.53. The van der Waals surface area contributed by atoms with E-state index in [0.29, 0.717) is 5.41 Å². The lowest BCUT2D eigenvalue weighted by Gasteiger charge is -2.00. The summed E-state index contributed by atoms with van der Waals surface area (Å²) in [5.41, 5.74) is -0.263. The maximum absolute atomic E-state index is 10.7. The molecule has 0 bridgehead atoms. The summed E-state index contributed by atoms with van der Waals surface area (Å²) in [7, 11) is -4.46. The van der Waals surface area contributed by atoms with Gasteiger partial charge in [0.25, 0.3) is 10.1 Å². The molecule has 0 saturated carbocycles. The largest absolute Gasteiger partial charge is 0.478 e. The van der Waals surface area contributed by atoms with Gasteiger partial charge in [-0.2, -0.15) is 8.42 Å². The predicted molar refractivity (Wildman–Crippen MR) is 53.6 cm³/mol. The lowest BCUT2D eigenvalue weighted by Crippen LogP contribution is -2.03. The molecule has 0 aliphatic heterocycles. The molecular formula is C9H8O5S. The van der Waals surface area contributed by atoms with Crippen LogP contribution in [0.2, 0.25) is 0 Å².